The number of hydrogen-bond acceptors (Lipinski definition) is 7. The average molecular weight is 399 g/mol. The lowest BCUT2D eigenvalue weighted by atomic mass is 9.71. The summed E-state index contributed by atoms with van der Waals surface area (Å²) in [5.41, 5.74) is 1.95. The van der Waals surface area contributed by atoms with Crippen molar-refractivity contribution in [3.05, 3.63) is 35.6 Å². The van der Waals surface area contributed by atoms with Crippen LogP contribution in [0.3, 0.4) is 0 Å². The number of carbonyl (C=O) groups excluding carboxylic acids is 1. The maximum atomic E-state index is 12.8. The summed E-state index contributed by atoms with van der Waals surface area (Å²) in [7, 11) is 0. The first-order chi connectivity index (χ1) is 14.0. The quantitative estimate of drug-likeness (QED) is 0.818. The van der Waals surface area contributed by atoms with E-state index in [4.69, 9.17) is 4.52 Å². The normalized spacial score (nSPS) is 21.1. The fraction of sp³-hybridized carbons (Fsp3) is 0.619. The zero-order valence-corrected chi connectivity index (χ0v) is 17.2. The number of carbonyl (C=O) groups is 1. The molecule has 2 aromatic heterocycles. The molecular weight excluding hydrogens is 370 g/mol. The Kier molecular flexibility index (Phi) is 5.54. The number of likely N-dealkylation sites (tertiary alicyclic amines) is 1. The lowest BCUT2D eigenvalue weighted by Gasteiger charge is -2.42. The molecule has 4 heterocycles. The molecule has 2 aromatic rings. The second-order valence-corrected chi connectivity index (χ2v) is 8.37. The Hall–Kier alpha value is -2.48. The van der Waals surface area contributed by atoms with Crippen molar-refractivity contribution in [2.75, 3.05) is 37.7 Å². The molecule has 4 rings (SSSR count). The maximum absolute atomic E-state index is 12.8. The van der Waals surface area contributed by atoms with Crippen LogP contribution in [0.5, 0.6) is 0 Å². The summed E-state index contributed by atoms with van der Waals surface area (Å²) < 4.78 is 5.19. The topological polar surface area (TPSA) is 95.6 Å². The molecule has 0 aromatic carbocycles. The summed E-state index contributed by atoms with van der Waals surface area (Å²) in [6.45, 7) is 7.14. The summed E-state index contributed by atoms with van der Waals surface area (Å²) in [5, 5.41) is 14.0. The standard InChI is InChI=1S/C21H29N5O3/c1-15-18(16(2)29-24-15)3-4-20(28)25-9-6-21(7-10-25)13-26(11-17(21)12-27)19-5-8-22-14-23-19/h5,8,14,17,27H,3-4,6-7,9-13H2,1-2H3. The van der Waals surface area contributed by atoms with Gasteiger partial charge in [0.1, 0.15) is 17.9 Å². The molecule has 0 radical (unpaired) electrons. The number of piperidine rings is 1. The van der Waals surface area contributed by atoms with Crippen LogP contribution in [0.25, 0.3) is 0 Å². The molecule has 0 bridgehead atoms. The van der Waals surface area contributed by atoms with Gasteiger partial charge >= 0.3 is 0 Å². The molecule has 1 N–H and O–H groups in total. The Bertz CT molecular complexity index is 826. The molecule has 156 valence electrons. The number of aliphatic hydroxyl groups is 1. The first-order valence-electron chi connectivity index (χ1n) is 10.3. The Morgan fingerprint density at radius 3 is 2.76 bits per heavy atom. The zero-order valence-electron chi connectivity index (χ0n) is 17.2. The Morgan fingerprint density at radius 1 is 1.34 bits per heavy atom. The largest absolute Gasteiger partial charge is 0.396 e. The summed E-state index contributed by atoms with van der Waals surface area (Å²) in [6, 6.07) is 1.92. The predicted molar refractivity (Wildman–Crippen MR) is 107 cm³/mol. The van der Waals surface area contributed by atoms with E-state index >= 15 is 0 Å². The number of aliphatic hydroxyl groups excluding tert-OH is 1. The molecule has 1 amide bonds. The molecule has 29 heavy (non-hydrogen) atoms. The molecule has 8 nitrogen and oxygen atoms in total. The fourth-order valence-electron chi connectivity index (χ4n) is 4.95. The van der Waals surface area contributed by atoms with Crippen LogP contribution in [0.15, 0.2) is 23.1 Å². The number of aromatic nitrogens is 3. The third-order valence-corrected chi connectivity index (χ3v) is 6.81. The van der Waals surface area contributed by atoms with Gasteiger partial charge in [0.2, 0.25) is 5.91 Å². The van der Waals surface area contributed by atoms with E-state index in [0.29, 0.717) is 12.8 Å². The van der Waals surface area contributed by atoms with Gasteiger partial charge in [0, 0.05) is 56.9 Å². The van der Waals surface area contributed by atoms with E-state index in [1.807, 2.05) is 24.8 Å². The van der Waals surface area contributed by atoms with Gasteiger partial charge in [0.05, 0.1) is 5.69 Å². The van der Waals surface area contributed by atoms with Crippen LogP contribution >= 0.6 is 0 Å². The van der Waals surface area contributed by atoms with Gasteiger partial charge in [-0.1, -0.05) is 5.16 Å². The summed E-state index contributed by atoms with van der Waals surface area (Å²) in [6.07, 6.45) is 6.29. The highest BCUT2D eigenvalue weighted by molar-refractivity contribution is 5.76. The number of aryl methyl sites for hydroxylation is 2. The Morgan fingerprint density at radius 2 is 2.14 bits per heavy atom. The monoisotopic (exact) mass is 399 g/mol. The molecule has 0 aliphatic carbocycles. The molecule has 1 spiro atoms. The molecule has 2 saturated heterocycles. The lowest BCUT2D eigenvalue weighted by molar-refractivity contribution is -0.133. The van der Waals surface area contributed by atoms with E-state index in [9.17, 15) is 9.90 Å². The molecule has 2 fully saturated rings. The highest BCUT2D eigenvalue weighted by Gasteiger charge is 2.48. The lowest BCUT2D eigenvalue weighted by Crippen LogP contribution is -2.47. The predicted octanol–water partition coefficient (Wildman–Crippen LogP) is 1.75. The number of nitrogens with zero attached hydrogens (tertiary/aromatic N) is 5. The second kappa shape index (κ2) is 8.10. The van der Waals surface area contributed by atoms with Gasteiger partial charge in [-0.15, -0.1) is 0 Å². The molecule has 8 heteroatoms. The second-order valence-electron chi connectivity index (χ2n) is 8.37. The van der Waals surface area contributed by atoms with E-state index in [-0.39, 0.29) is 23.8 Å². The number of anilines is 1. The Balaban J connectivity index is 1.36. The number of amides is 1. The highest BCUT2D eigenvalue weighted by Crippen LogP contribution is 2.45. The van der Waals surface area contributed by atoms with Crippen molar-refractivity contribution in [2.45, 2.75) is 39.5 Å². The molecule has 1 unspecified atom stereocenters. The van der Waals surface area contributed by atoms with Crippen molar-refractivity contribution >= 4 is 11.7 Å². The summed E-state index contributed by atoms with van der Waals surface area (Å²) in [4.78, 5) is 25.3. The van der Waals surface area contributed by atoms with Gasteiger partial charge in [-0.2, -0.15) is 0 Å². The van der Waals surface area contributed by atoms with Gasteiger partial charge in [-0.25, -0.2) is 9.97 Å². The molecule has 1 atom stereocenters. The van der Waals surface area contributed by atoms with Crippen LogP contribution in [0.1, 0.15) is 36.3 Å². The minimum atomic E-state index is 0.0398. The van der Waals surface area contributed by atoms with E-state index < -0.39 is 0 Å². The van der Waals surface area contributed by atoms with Gasteiger partial charge in [-0.05, 0) is 44.6 Å². The van der Waals surface area contributed by atoms with Crippen LogP contribution in [0, 0.1) is 25.2 Å². The smallest absolute Gasteiger partial charge is 0.222 e. The van der Waals surface area contributed by atoms with Crippen LogP contribution in [-0.2, 0) is 11.2 Å². The molecule has 0 saturated carbocycles. The highest BCUT2D eigenvalue weighted by atomic mass is 16.5. The van der Waals surface area contributed by atoms with Gasteiger partial charge in [-0.3, -0.25) is 4.79 Å². The van der Waals surface area contributed by atoms with Crippen molar-refractivity contribution in [3.63, 3.8) is 0 Å². The molecule has 2 aliphatic heterocycles. The van der Waals surface area contributed by atoms with Crippen molar-refractivity contribution in [2.24, 2.45) is 11.3 Å². The van der Waals surface area contributed by atoms with Crippen LogP contribution in [0.4, 0.5) is 5.82 Å². The number of rotatable bonds is 5. The van der Waals surface area contributed by atoms with Gasteiger partial charge in [0.25, 0.3) is 0 Å². The van der Waals surface area contributed by atoms with E-state index in [0.717, 1.165) is 61.9 Å². The van der Waals surface area contributed by atoms with Crippen LogP contribution in [-0.4, -0.2) is 63.8 Å². The van der Waals surface area contributed by atoms with E-state index in [2.05, 4.69) is 20.0 Å². The maximum Gasteiger partial charge on any atom is 0.222 e. The van der Waals surface area contributed by atoms with Crippen molar-refractivity contribution < 1.29 is 14.4 Å². The SMILES string of the molecule is Cc1noc(C)c1CCC(=O)N1CCC2(CC1)CN(c1ccncn1)CC2CO. The first-order valence-corrected chi connectivity index (χ1v) is 10.3. The van der Waals surface area contributed by atoms with Crippen LogP contribution < -0.4 is 4.90 Å². The molecular formula is C21H29N5O3. The van der Waals surface area contributed by atoms with E-state index in [1.54, 1.807) is 12.5 Å². The third-order valence-electron chi connectivity index (χ3n) is 6.81. The minimum Gasteiger partial charge on any atom is -0.396 e. The van der Waals surface area contributed by atoms with Gasteiger partial charge < -0.3 is 19.4 Å². The Labute approximate surface area is 170 Å². The van der Waals surface area contributed by atoms with Crippen molar-refractivity contribution in [1.82, 2.24) is 20.0 Å². The average Bonchev–Trinajstić information content (AvgIpc) is 3.27. The first kappa shape index (κ1) is 19.8. The van der Waals surface area contributed by atoms with Gasteiger partial charge in [0.15, 0.2) is 0 Å². The third kappa shape index (κ3) is 3.85. The zero-order chi connectivity index (χ0) is 20.4. The minimum absolute atomic E-state index is 0.0398. The fourth-order valence-corrected chi connectivity index (χ4v) is 4.95. The summed E-state index contributed by atoms with van der Waals surface area (Å²) in [5.74, 6) is 2.10. The molecule has 2 aliphatic rings. The summed E-state index contributed by atoms with van der Waals surface area (Å²) >= 11 is 0. The van der Waals surface area contributed by atoms with Crippen LogP contribution in [0.2, 0.25) is 0 Å². The van der Waals surface area contributed by atoms with Crippen molar-refractivity contribution in [3.8, 4) is 0 Å². The van der Waals surface area contributed by atoms with Crippen molar-refractivity contribution in [1.29, 1.82) is 0 Å². The number of hydrogen-bond donors (Lipinski definition) is 1. The van der Waals surface area contributed by atoms with E-state index in [1.165, 1.54) is 0 Å².